The summed E-state index contributed by atoms with van der Waals surface area (Å²) in [5.74, 6) is 1.99. The molecule has 1 heterocycles. The maximum atomic E-state index is 12.7. The summed E-state index contributed by atoms with van der Waals surface area (Å²) >= 11 is 0. The Morgan fingerprint density at radius 3 is 2.20 bits per heavy atom. The predicted octanol–water partition coefficient (Wildman–Crippen LogP) is 2.23. The smallest absolute Gasteiger partial charge is 0.364 e. The third kappa shape index (κ3) is 2.23. The van der Waals surface area contributed by atoms with E-state index in [0.29, 0.717) is 36.2 Å². The highest BCUT2D eigenvalue weighted by Gasteiger charge is 2.65. The van der Waals surface area contributed by atoms with Crippen LogP contribution in [0, 0.1) is 12.3 Å². The first-order valence-corrected chi connectivity index (χ1v) is 8.10. The van der Waals surface area contributed by atoms with Crippen LogP contribution >= 0.6 is 0 Å². The molecule has 5 heteroatoms. The molecule has 0 spiro atoms. The van der Waals surface area contributed by atoms with Crippen molar-refractivity contribution in [3.8, 4) is 12.3 Å². The maximum Gasteiger partial charge on any atom is 0.420 e. The molecule has 1 aliphatic rings. The van der Waals surface area contributed by atoms with Crippen molar-refractivity contribution in [1.29, 1.82) is 0 Å². The molecular formula is C20H20N3O2+. The van der Waals surface area contributed by atoms with Gasteiger partial charge in [-0.05, 0) is 12.1 Å². The number of carbonyl (C=O) groups is 2. The monoisotopic (exact) mass is 334 g/mol. The summed E-state index contributed by atoms with van der Waals surface area (Å²) in [4.78, 5) is 25.4. The number of hydrogen-bond donors (Lipinski definition) is 2. The van der Waals surface area contributed by atoms with Gasteiger partial charge < -0.3 is 11.5 Å². The summed E-state index contributed by atoms with van der Waals surface area (Å²) in [6.45, 7) is 0.405. The van der Waals surface area contributed by atoms with Crippen molar-refractivity contribution in [1.82, 2.24) is 4.48 Å². The largest absolute Gasteiger partial charge is 0.420 e. The van der Waals surface area contributed by atoms with Gasteiger partial charge in [0.15, 0.2) is 0 Å². The number of terminal acetylenes is 1. The standard InChI is InChI=1S/C20H19N3O2/c1-2-15-9-11-17(12-10-15)23(19(22)25)14-6-13-20(23,18(21)24)16-7-4-3-5-8-16/h1,3-5,7-12H,6,13-14H2,(H3-,21,22,24,25)/p+1. The Labute approximate surface area is 146 Å². The Bertz CT molecular complexity index is 855. The highest BCUT2D eigenvalue weighted by atomic mass is 16.2. The summed E-state index contributed by atoms with van der Waals surface area (Å²) in [7, 11) is 0. The first-order valence-electron chi connectivity index (χ1n) is 8.10. The first-order chi connectivity index (χ1) is 12.0. The third-order valence-electron chi connectivity index (χ3n) is 5.19. The van der Waals surface area contributed by atoms with Crippen LogP contribution in [0.25, 0.3) is 0 Å². The molecule has 0 radical (unpaired) electrons. The Kier molecular flexibility index (Phi) is 4.07. The van der Waals surface area contributed by atoms with Gasteiger partial charge in [0, 0.05) is 36.1 Å². The van der Waals surface area contributed by atoms with Crippen LogP contribution in [-0.4, -0.2) is 18.5 Å². The van der Waals surface area contributed by atoms with Gasteiger partial charge in [-0.25, -0.2) is 4.79 Å². The van der Waals surface area contributed by atoms with Crippen molar-refractivity contribution in [2.24, 2.45) is 11.5 Å². The van der Waals surface area contributed by atoms with E-state index in [4.69, 9.17) is 17.9 Å². The highest BCUT2D eigenvalue weighted by Crippen LogP contribution is 2.48. The summed E-state index contributed by atoms with van der Waals surface area (Å²) in [5, 5.41) is 0. The zero-order chi connectivity index (χ0) is 18.1. The van der Waals surface area contributed by atoms with E-state index >= 15 is 0 Å². The Morgan fingerprint density at radius 1 is 1.04 bits per heavy atom. The second kappa shape index (κ2) is 6.08. The van der Waals surface area contributed by atoms with Crippen molar-refractivity contribution in [2.45, 2.75) is 18.4 Å². The van der Waals surface area contributed by atoms with Gasteiger partial charge in [0.05, 0.1) is 6.54 Å². The van der Waals surface area contributed by atoms with Crippen LogP contribution < -0.4 is 16.0 Å². The number of quaternary nitrogens is 1. The number of nitrogens with two attached hydrogens (primary N) is 2. The molecule has 2 unspecified atom stereocenters. The van der Waals surface area contributed by atoms with Crippen LogP contribution in [0.5, 0.6) is 0 Å². The van der Waals surface area contributed by atoms with Crippen LogP contribution in [0.1, 0.15) is 24.0 Å². The lowest BCUT2D eigenvalue weighted by atomic mass is 9.84. The summed E-state index contributed by atoms with van der Waals surface area (Å²) in [6, 6.07) is 15.6. The lowest BCUT2D eigenvalue weighted by Crippen LogP contribution is -2.70. The van der Waals surface area contributed by atoms with E-state index in [0.717, 1.165) is 0 Å². The Balaban J connectivity index is 2.31. The number of primary amides is 2. The van der Waals surface area contributed by atoms with Gasteiger partial charge in [0.2, 0.25) is 5.54 Å². The quantitative estimate of drug-likeness (QED) is 0.666. The second-order valence-corrected chi connectivity index (χ2v) is 6.26. The van der Waals surface area contributed by atoms with Gasteiger partial charge in [-0.1, -0.05) is 36.3 Å². The van der Waals surface area contributed by atoms with Gasteiger partial charge in [-0.2, -0.15) is 4.48 Å². The summed E-state index contributed by atoms with van der Waals surface area (Å²) < 4.78 is -0.322. The van der Waals surface area contributed by atoms with Crippen molar-refractivity contribution >= 4 is 17.6 Å². The zero-order valence-corrected chi connectivity index (χ0v) is 13.8. The number of benzene rings is 2. The van der Waals surface area contributed by atoms with Crippen molar-refractivity contribution in [2.75, 3.05) is 6.54 Å². The average Bonchev–Trinajstić information content (AvgIpc) is 3.05. The molecule has 1 saturated heterocycles. The Morgan fingerprint density at radius 2 is 1.68 bits per heavy atom. The molecule has 3 amide bonds. The van der Waals surface area contributed by atoms with Crippen LogP contribution in [-0.2, 0) is 10.3 Å². The number of nitrogens with zero attached hydrogens (tertiary/aromatic N) is 1. The lowest BCUT2D eigenvalue weighted by molar-refractivity contribution is -0.127. The van der Waals surface area contributed by atoms with Gasteiger partial charge in [-0.3, -0.25) is 4.79 Å². The second-order valence-electron chi connectivity index (χ2n) is 6.26. The fraction of sp³-hybridized carbons (Fsp3) is 0.200. The molecule has 2 aromatic rings. The van der Waals surface area contributed by atoms with E-state index < -0.39 is 17.5 Å². The van der Waals surface area contributed by atoms with E-state index in [2.05, 4.69) is 5.92 Å². The fourth-order valence-corrected chi connectivity index (χ4v) is 4.07. The Hall–Kier alpha value is -3.10. The highest BCUT2D eigenvalue weighted by molar-refractivity contribution is 5.99. The molecule has 1 aliphatic heterocycles. The summed E-state index contributed by atoms with van der Waals surface area (Å²) in [5.41, 5.74) is 12.5. The number of urea groups is 1. The fourth-order valence-electron chi connectivity index (χ4n) is 4.07. The van der Waals surface area contributed by atoms with Crippen LogP contribution in [0.4, 0.5) is 10.5 Å². The topological polar surface area (TPSA) is 86.2 Å². The molecule has 0 bridgehead atoms. The van der Waals surface area contributed by atoms with E-state index in [1.807, 2.05) is 30.3 Å². The van der Waals surface area contributed by atoms with Gasteiger partial charge in [0.1, 0.15) is 5.69 Å². The van der Waals surface area contributed by atoms with Crippen molar-refractivity contribution in [3.63, 3.8) is 0 Å². The minimum atomic E-state index is -1.23. The minimum Gasteiger partial charge on any atom is -0.364 e. The zero-order valence-electron chi connectivity index (χ0n) is 13.8. The molecule has 0 aromatic heterocycles. The SMILES string of the molecule is C#Cc1ccc([N+]2(C(N)=O)CCCC2(C(N)=O)c2ccccc2)cc1. The minimum absolute atomic E-state index is 0.322. The average molecular weight is 334 g/mol. The summed E-state index contributed by atoms with van der Waals surface area (Å²) in [6.07, 6.45) is 6.52. The van der Waals surface area contributed by atoms with Crippen LogP contribution in [0.15, 0.2) is 54.6 Å². The molecule has 2 aromatic carbocycles. The van der Waals surface area contributed by atoms with Crippen LogP contribution in [0.2, 0.25) is 0 Å². The number of likely N-dealkylation sites (tertiary alicyclic amines) is 1. The molecule has 4 N–H and O–H groups in total. The molecule has 0 aliphatic carbocycles. The number of rotatable bonds is 3. The van der Waals surface area contributed by atoms with Gasteiger partial charge >= 0.3 is 6.03 Å². The van der Waals surface area contributed by atoms with E-state index in [1.165, 1.54) is 0 Å². The molecule has 5 nitrogen and oxygen atoms in total. The molecule has 25 heavy (non-hydrogen) atoms. The molecule has 3 rings (SSSR count). The van der Waals surface area contributed by atoms with E-state index in [-0.39, 0.29) is 4.48 Å². The number of hydrogen-bond acceptors (Lipinski definition) is 2. The van der Waals surface area contributed by atoms with E-state index in [1.54, 1.807) is 24.3 Å². The normalized spacial score (nSPS) is 25.2. The molecule has 126 valence electrons. The molecule has 0 saturated carbocycles. The molecule has 2 atom stereocenters. The number of carbonyl (C=O) groups excluding carboxylic acids is 2. The van der Waals surface area contributed by atoms with Crippen molar-refractivity contribution < 1.29 is 9.59 Å². The molecule has 1 fully saturated rings. The molecular weight excluding hydrogens is 314 g/mol. The van der Waals surface area contributed by atoms with Crippen molar-refractivity contribution in [3.05, 3.63) is 65.7 Å². The third-order valence-corrected chi connectivity index (χ3v) is 5.19. The maximum absolute atomic E-state index is 12.7. The van der Waals surface area contributed by atoms with Crippen LogP contribution in [0.3, 0.4) is 0 Å². The lowest BCUT2D eigenvalue weighted by Gasteiger charge is -2.43. The van der Waals surface area contributed by atoms with E-state index in [9.17, 15) is 9.59 Å². The predicted molar refractivity (Wildman–Crippen MR) is 97.2 cm³/mol. The number of amides is 3. The first kappa shape index (κ1) is 16.7. The van der Waals surface area contributed by atoms with Gasteiger partial charge in [0.25, 0.3) is 5.91 Å². The van der Waals surface area contributed by atoms with Gasteiger partial charge in [-0.15, -0.1) is 6.42 Å².